The molecule has 1 aromatic heterocycles. The molecule has 0 bridgehead atoms. The second kappa shape index (κ2) is 5.10. The third-order valence-electron chi connectivity index (χ3n) is 3.39. The van der Waals surface area contributed by atoms with Gasteiger partial charge in [-0.3, -0.25) is 0 Å². The molecule has 1 atom stereocenters. The number of methoxy groups -OCH3 is 1. The van der Waals surface area contributed by atoms with Crippen LogP contribution in [0.2, 0.25) is 0 Å². The van der Waals surface area contributed by atoms with Crippen LogP contribution < -0.4 is 5.73 Å². The molecule has 4 nitrogen and oxygen atoms in total. The Hall–Kier alpha value is -1.00. The van der Waals surface area contributed by atoms with Crippen molar-refractivity contribution in [3.8, 4) is 0 Å². The van der Waals surface area contributed by atoms with Gasteiger partial charge in [0.25, 0.3) is 0 Å². The molecule has 1 unspecified atom stereocenters. The number of aryl methyl sites for hydroxylation is 2. The summed E-state index contributed by atoms with van der Waals surface area (Å²) in [6.07, 6.45) is 3.37. The van der Waals surface area contributed by atoms with Gasteiger partial charge in [0.2, 0.25) is 0 Å². The molecule has 0 aliphatic heterocycles. The van der Waals surface area contributed by atoms with Crippen LogP contribution in [0.1, 0.15) is 41.7 Å². The molecule has 0 amide bonds. The van der Waals surface area contributed by atoms with Gasteiger partial charge >= 0.3 is 0 Å². The van der Waals surface area contributed by atoms with Crippen molar-refractivity contribution < 1.29 is 4.74 Å². The Morgan fingerprint density at radius 1 is 1.29 bits per heavy atom. The SMILES string of the molecule is COC(c1nc(C)c(CCN)c(C)n1)C1CC1. The number of aromatic nitrogens is 2. The van der Waals surface area contributed by atoms with Gasteiger partial charge in [-0.1, -0.05) is 0 Å². The Bertz CT molecular complexity index is 379. The first-order valence-electron chi connectivity index (χ1n) is 6.24. The molecule has 1 fully saturated rings. The highest BCUT2D eigenvalue weighted by atomic mass is 16.5. The number of ether oxygens (including phenoxy) is 1. The van der Waals surface area contributed by atoms with Crippen LogP contribution in [0.25, 0.3) is 0 Å². The van der Waals surface area contributed by atoms with Crippen molar-refractivity contribution >= 4 is 0 Å². The van der Waals surface area contributed by atoms with Gasteiger partial charge in [-0.15, -0.1) is 0 Å². The van der Waals surface area contributed by atoms with E-state index in [0.717, 1.165) is 23.6 Å². The topological polar surface area (TPSA) is 61.0 Å². The Labute approximate surface area is 103 Å². The number of hydrogen-bond acceptors (Lipinski definition) is 4. The number of nitrogens with two attached hydrogens (primary N) is 1. The minimum atomic E-state index is 0.0688. The molecular weight excluding hydrogens is 214 g/mol. The summed E-state index contributed by atoms with van der Waals surface area (Å²) in [5, 5.41) is 0. The summed E-state index contributed by atoms with van der Waals surface area (Å²) >= 11 is 0. The summed E-state index contributed by atoms with van der Waals surface area (Å²) in [6.45, 7) is 4.70. The zero-order chi connectivity index (χ0) is 12.4. The van der Waals surface area contributed by atoms with Crippen LogP contribution in [0.15, 0.2) is 0 Å². The van der Waals surface area contributed by atoms with Crippen molar-refractivity contribution in [1.82, 2.24) is 9.97 Å². The van der Waals surface area contributed by atoms with Crippen LogP contribution >= 0.6 is 0 Å². The van der Waals surface area contributed by atoms with Crippen LogP contribution in [0.4, 0.5) is 0 Å². The van der Waals surface area contributed by atoms with E-state index in [4.69, 9.17) is 10.5 Å². The van der Waals surface area contributed by atoms with Crippen molar-refractivity contribution in [1.29, 1.82) is 0 Å². The monoisotopic (exact) mass is 235 g/mol. The average molecular weight is 235 g/mol. The lowest BCUT2D eigenvalue weighted by atomic mass is 10.1. The zero-order valence-corrected chi connectivity index (χ0v) is 10.9. The number of hydrogen-bond donors (Lipinski definition) is 1. The quantitative estimate of drug-likeness (QED) is 0.843. The second-order valence-electron chi connectivity index (χ2n) is 4.76. The van der Waals surface area contributed by atoms with Crippen molar-refractivity contribution in [3.63, 3.8) is 0 Å². The molecule has 0 radical (unpaired) electrons. The molecule has 0 aromatic carbocycles. The van der Waals surface area contributed by atoms with Crippen molar-refractivity contribution in [2.75, 3.05) is 13.7 Å². The van der Waals surface area contributed by atoms with Crippen LogP contribution in [-0.4, -0.2) is 23.6 Å². The second-order valence-corrected chi connectivity index (χ2v) is 4.76. The summed E-state index contributed by atoms with van der Waals surface area (Å²) in [5.41, 5.74) is 8.87. The molecule has 0 saturated heterocycles. The molecule has 0 spiro atoms. The molecule has 2 N–H and O–H groups in total. The molecular formula is C13H21N3O. The lowest BCUT2D eigenvalue weighted by Crippen LogP contribution is -2.14. The summed E-state index contributed by atoms with van der Waals surface area (Å²) in [4.78, 5) is 9.19. The molecule has 1 aromatic rings. The fourth-order valence-electron chi connectivity index (χ4n) is 2.31. The van der Waals surface area contributed by atoms with E-state index in [0.29, 0.717) is 12.5 Å². The van der Waals surface area contributed by atoms with E-state index in [1.165, 1.54) is 18.4 Å². The molecule has 4 heteroatoms. The predicted molar refractivity (Wildman–Crippen MR) is 66.7 cm³/mol. The molecule has 1 saturated carbocycles. The Morgan fingerprint density at radius 3 is 2.29 bits per heavy atom. The normalized spacial score (nSPS) is 17.2. The summed E-state index contributed by atoms with van der Waals surface area (Å²) in [6, 6.07) is 0. The Balaban J connectivity index is 2.30. The van der Waals surface area contributed by atoms with Crippen molar-refractivity contribution in [2.24, 2.45) is 11.7 Å². The Kier molecular flexibility index (Phi) is 3.74. The summed E-state index contributed by atoms with van der Waals surface area (Å²) in [7, 11) is 1.74. The highest BCUT2D eigenvalue weighted by molar-refractivity contribution is 5.25. The molecule has 17 heavy (non-hydrogen) atoms. The van der Waals surface area contributed by atoms with E-state index in [9.17, 15) is 0 Å². The molecule has 1 aliphatic carbocycles. The van der Waals surface area contributed by atoms with Crippen LogP contribution in [0.3, 0.4) is 0 Å². The largest absolute Gasteiger partial charge is 0.373 e. The van der Waals surface area contributed by atoms with Gasteiger partial charge < -0.3 is 10.5 Å². The standard InChI is InChI=1S/C13H21N3O/c1-8-11(6-7-14)9(2)16-13(15-8)12(17-3)10-4-5-10/h10,12H,4-7,14H2,1-3H3. The zero-order valence-electron chi connectivity index (χ0n) is 10.9. The highest BCUT2D eigenvalue weighted by Gasteiger charge is 2.34. The maximum atomic E-state index is 5.60. The molecule has 2 rings (SSSR count). The third kappa shape index (κ3) is 2.64. The first-order chi connectivity index (χ1) is 8.17. The maximum absolute atomic E-state index is 5.60. The Morgan fingerprint density at radius 2 is 1.88 bits per heavy atom. The predicted octanol–water partition coefficient (Wildman–Crippen LogP) is 1.69. The molecule has 1 heterocycles. The fraction of sp³-hybridized carbons (Fsp3) is 0.692. The maximum Gasteiger partial charge on any atom is 0.157 e. The lowest BCUT2D eigenvalue weighted by Gasteiger charge is -2.16. The lowest BCUT2D eigenvalue weighted by molar-refractivity contribution is 0.0768. The molecule has 94 valence electrons. The highest BCUT2D eigenvalue weighted by Crippen LogP contribution is 2.42. The number of rotatable bonds is 5. The van der Waals surface area contributed by atoms with Crippen molar-refractivity contribution in [2.45, 2.75) is 39.2 Å². The average Bonchev–Trinajstić information content (AvgIpc) is 3.09. The van der Waals surface area contributed by atoms with Gasteiger partial charge in [-0.25, -0.2) is 9.97 Å². The van der Waals surface area contributed by atoms with E-state index in [-0.39, 0.29) is 6.10 Å². The smallest absolute Gasteiger partial charge is 0.157 e. The number of nitrogens with zero attached hydrogens (tertiary/aromatic N) is 2. The van der Waals surface area contributed by atoms with Gasteiger partial charge in [0.05, 0.1) is 0 Å². The van der Waals surface area contributed by atoms with E-state index < -0.39 is 0 Å². The van der Waals surface area contributed by atoms with Crippen LogP contribution in [-0.2, 0) is 11.2 Å². The minimum Gasteiger partial charge on any atom is -0.373 e. The minimum absolute atomic E-state index is 0.0688. The van der Waals surface area contributed by atoms with Gasteiger partial charge in [0.1, 0.15) is 6.10 Å². The van der Waals surface area contributed by atoms with Gasteiger partial charge in [-0.05, 0) is 51.1 Å². The van der Waals surface area contributed by atoms with Gasteiger partial charge in [0, 0.05) is 18.5 Å². The summed E-state index contributed by atoms with van der Waals surface area (Å²) in [5.74, 6) is 1.45. The summed E-state index contributed by atoms with van der Waals surface area (Å²) < 4.78 is 5.52. The van der Waals surface area contributed by atoms with E-state index in [1.807, 2.05) is 13.8 Å². The first kappa shape index (κ1) is 12.5. The van der Waals surface area contributed by atoms with Crippen LogP contribution in [0, 0.1) is 19.8 Å². The first-order valence-corrected chi connectivity index (χ1v) is 6.24. The van der Waals surface area contributed by atoms with Gasteiger partial charge in [-0.2, -0.15) is 0 Å². The fourth-order valence-corrected chi connectivity index (χ4v) is 2.31. The van der Waals surface area contributed by atoms with E-state index in [1.54, 1.807) is 7.11 Å². The van der Waals surface area contributed by atoms with E-state index >= 15 is 0 Å². The molecule has 1 aliphatic rings. The van der Waals surface area contributed by atoms with Gasteiger partial charge in [0.15, 0.2) is 5.82 Å². The van der Waals surface area contributed by atoms with Crippen LogP contribution in [0.5, 0.6) is 0 Å². The third-order valence-corrected chi connectivity index (χ3v) is 3.39. The van der Waals surface area contributed by atoms with E-state index in [2.05, 4.69) is 9.97 Å². The van der Waals surface area contributed by atoms with Crippen molar-refractivity contribution in [3.05, 3.63) is 22.8 Å².